The van der Waals surface area contributed by atoms with Crippen LogP contribution in [0, 0.1) is 5.92 Å². The fourth-order valence-corrected chi connectivity index (χ4v) is 4.06. The van der Waals surface area contributed by atoms with Crippen molar-refractivity contribution in [2.24, 2.45) is 5.92 Å². The molecule has 0 radical (unpaired) electrons. The van der Waals surface area contributed by atoms with Gasteiger partial charge in [0.05, 0.1) is 27.4 Å². The van der Waals surface area contributed by atoms with E-state index in [0.717, 1.165) is 27.0 Å². The Hall–Kier alpha value is -2.71. The quantitative estimate of drug-likeness (QED) is 0.426. The van der Waals surface area contributed by atoms with Crippen LogP contribution in [0.5, 0.6) is 0 Å². The Bertz CT molecular complexity index is 1120. The highest BCUT2D eigenvalue weighted by atomic mass is 32.2. The molecular formula is C21H20N4O2S2. The van der Waals surface area contributed by atoms with Crippen molar-refractivity contribution in [1.82, 2.24) is 20.5 Å². The number of pyridine rings is 1. The number of fused-ring (bicyclic) bond motifs is 1. The number of nitrogens with zero attached hydrogens (tertiary/aromatic N) is 3. The van der Waals surface area contributed by atoms with Crippen molar-refractivity contribution in [3.63, 3.8) is 0 Å². The zero-order chi connectivity index (χ0) is 20.2. The lowest BCUT2D eigenvalue weighted by Crippen LogP contribution is -2.28. The first-order valence-electron chi connectivity index (χ1n) is 9.27. The van der Waals surface area contributed by atoms with E-state index in [0.29, 0.717) is 23.6 Å². The van der Waals surface area contributed by atoms with Gasteiger partial charge in [0.25, 0.3) is 5.22 Å². The molecule has 29 heavy (non-hydrogen) atoms. The van der Waals surface area contributed by atoms with E-state index in [1.54, 1.807) is 11.3 Å². The third-order valence-corrected chi connectivity index (χ3v) is 5.87. The second-order valence-electron chi connectivity index (χ2n) is 6.91. The number of amides is 1. The Morgan fingerprint density at radius 2 is 2.07 bits per heavy atom. The lowest BCUT2D eigenvalue weighted by atomic mass is 10.1. The van der Waals surface area contributed by atoms with Crippen molar-refractivity contribution in [3.05, 3.63) is 47.8 Å². The molecule has 3 aromatic heterocycles. The summed E-state index contributed by atoms with van der Waals surface area (Å²) in [6.07, 6.45) is 0. The molecule has 0 fully saturated rings. The first-order chi connectivity index (χ1) is 14.1. The predicted octanol–water partition coefficient (Wildman–Crippen LogP) is 4.88. The molecule has 1 N–H and O–H groups in total. The SMILES string of the molecule is CC(C)CNC(=O)CSc1nnc(-c2cc(-c3cccs3)nc3ccccc23)o1. The lowest BCUT2D eigenvalue weighted by Gasteiger charge is -2.06. The monoisotopic (exact) mass is 424 g/mol. The molecule has 4 rings (SSSR count). The molecule has 4 aromatic rings. The van der Waals surface area contributed by atoms with Gasteiger partial charge in [-0.3, -0.25) is 4.79 Å². The highest BCUT2D eigenvalue weighted by Crippen LogP contribution is 2.33. The summed E-state index contributed by atoms with van der Waals surface area (Å²) in [7, 11) is 0. The van der Waals surface area contributed by atoms with Crippen LogP contribution in [0.4, 0.5) is 0 Å². The summed E-state index contributed by atoms with van der Waals surface area (Å²) in [5.41, 5.74) is 2.57. The number of carbonyl (C=O) groups excluding carboxylic acids is 1. The Kier molecular flexibility index (Phi) is 5.92. The third-order valence-electron chi connectivity index (χ3n) is 4.16. The summed E-state index contributed by atoms with van der Waals surface area (Å²) in [5.74, 6) is 1.03. The molecule has 0 atom stereocenters. The average molecular weight is 425 g/mol. The molecule has 8 heteroatoms. The van der Waals surface area contributed by atoms with Crippen LogP contribution in [0.2, 0.25) is 0 Å². The molecule has 0 aliphatic carbocycles. The largest absolute Gasteiger partial charge is 0.411 e. The number of para-hydroxylation sites is 1. The number of hydrogen-bond acceptors (Lipinski definition) is 7. The van der Waals surface area contributed by atoms with Crippen LogP contribution in [-0.2, 0) is 4.79 Å². The predicted molar refractivity (Wildman–Crippen MR) is 117 cm³/mol. The number of carbonyl (C=O) groups is 1. The summed E-state index contributed by atoms with van der Waals surface area (Å²) in [6, 6.07) is 13.9. The summed E-state index contributed by atoms with van der Waals surface area (Å²) in [5, 5.41) is 14.6. The van der Waals surface area contributed by atoms with Gasteiger partial charge in [0, 0.05) is 11.9 Å². The van der Waals surface area contributed by atoms with Crippen molar-refractivity contribution < 1.29 is 9.21 Å². The first kappa shape index (κ1) is 19.6. The van der Waals surface area contributed by atoms with E-state index < -0.39 is 0 Å². The van der Waals surface area contributed by atoms with Gasteiger partial charge in [0.2, 0.25) is 11.8 Å². The maximum Gasteiger partial charge on any atom is 0.277 e. The summed E-state index contributed by atoms with van der Waals surface area (Å²) in [4.78, 5) is 17.8. The average Bonchev–Trinajstić information content (AvgIpc) is 3.42. The zero-order valence-electron chi connectivity index (χ0n) is 16.1. The van der Waals surface area contributed by atoms with Crippen LogP contribution < -0.4 is 5.32 Å². The molecule has 0 aliphatic rings. The normalized spacial score (nSPS) is 11.3. The third kappa shape index (κ3) is 4.65. The Balaban J connectivity index is 1.59. The van der Waals surface area contributed by atoms with Gasteiger partial charge in [0.15, 0.2) is 0 Å². The molecule has 148 valence electrons. The van der Waals surface area contributed by atoms with Crippen molar-refractivity contribution >= 4 is 39.9 Å². The molecule has 0 unspecified atom stereocenters. The van der Waals surface area contributed by atoms with Crippen LogP contribution in [0.3, 0.4) is 0 Å². The van der Waals surface area contributed by atoms with Gasteiger partial charge in [0.1, 0.15) is 0 Å². The maximum atomic E-state index is 11.9. The van der Waals surface area contributed by atoms with Crippen LogP contribution in [-0.4, -0.2) is 33.4 Å². The van der Waals surface area contributed by atoms with E-state index in [-0.39, 0.29) is 11.7 Å². The second-order valence-corrected chi connectivity index (χ2v) is 8.78. The highest BCUT2D eigenvalue weighted by Gasteiger charge is 2.16. The summed E-state index contributed by atoms with van der Waals surface area (Å²) in [6.45, 7) is 4.77. The Labute approximate surface area is 176 Å². The van der Waals surface area contributed by atoms with E-state index in [1.807, 2.05) is 47.8 Å². The minimum Gasteiger partial charge on any atom is -0.411 e. The molecular weight excluding hydrogens is 404 g/mol. The minimum atomic E-state index is -0.0437. The van der Waals surface area contributed by atoms with Crippen LogP contribution in [0.25, 0.3) is 32.9 Å². The number of benzene rings is 1. The fourth-order valence-electron chi connectivity index (χ4n) is 2.78. The molecule has 3 heterocycles. The van der Waals surface area contributed by atoms with Crippen molar-refractivity contribution in [2.45, 2.75) is 19.1 Å². The van der Waals surface area contributed by atoms with E-state index in [4.69, 9.17) is 9.40 Å². The Morgan fingerprint density at radius 1 is 1.21 bits per heavy atom. The first-order valence-corrected chi connectivity index (χ1v) is 11.1. The number of hydrogen-bond donors (Lipinski definition) is 1. The number of thioether (sulfide) groups is 1. The molecule has 6 nitrogen and oxygen atoms in total. The van der Waals surface area contributed by atoms with E-state index in [9.17, 15) is 4.79 Å². The van der Waals surface area contributed by atoms with Gasteiger partial charge in [-0.1, -0.05) is 49.9 Å². The number of aromatic nitrogens is 3. The number of rotatable bonds is 7. The molecule has 0 saturated carbocycles. The van der Waals surface area contributed by atoms with Crippen molar-refractivity contribution in [1.29, 1.82) is 0 Å². The Morgan fingerprint density at radius 3 is 2.86 bits per heavy atom. The number of thiophene rings is 1. The van der Waals surface area contributed by atoms with Crippen molar-refractivity contribution in [3.8, 4) is 22.0 Å². The standard InChI is InChI=1S/C21H20N4O2S2/c1-13(2)11-22-19(26)12-29-21-25-24-20(27-21)15-10-17(18-8-5-9-28-18)23-16-7-4-3-6-14(15)16/h3-10,13H,11-12H2,1-2H3,(H,22,26). The van der Waals surface area contributed by atoms with E-state index in [2.05, 4.69) is 29.4 Å². The van der Waals surface area contributed by atoms with Gasteiger partial charge < -0.3 is 9.73 Å². The molecule has 0 saturated heterocycles. The van der Waals surface area contributed by atoms with Crippen LogP contribution in [0.15, 0.2) is 57.5 Å². The molecule has 1 aromatic carbocycles. The molecule has 0 bridgehead atoms. The second kappa shape index (κ2) is 8.75. The topological polar surface area (TPSA) is 80.9 Å². The smallest absolute Gasteiger partial charge is 0.277 e. The molecule has 0 aliphatic heterocycles. The van der Waals surface area contributed by atoms with Crippen LogP contribution >= 0.6 is 23.1 Å². The fraction of sp³-hybridized carbons (Fsp3) is 0.238. The van der Waals surface area contributed by atoms with Crippen LogP contribution in [0.1, 0.15) is 13.8 Å². The molecule has 0 spiro atoms. The zero-order valence-corrected chi connectivity index (χ0v) is 17.7. The van der Waals surface area contributed by atoms with Gasteiger partial charge in [-0.15, -0.1) is 21.5 Å². The van der Waals surface area contributed by atoms with Gasteiger partial charge in [-0.05, 0) is 29.5 Å². The number of nitrogens with one attached hydrogen (secondary N) is 1. The van der Waals surface area contributed by atoms with Gasteiger partial charge in [-0.25, -0.2) is 4.98 Å². The van der Waals surface area contributed by atoms with Gasteiger partial charge >= 0.3 is 0 Å². The minimum absolute atomic E-state index is 0.0437. The highest BCUT2D eigenvalue weighted by molar-refractivity contribution is 7.99. The van der Waals surface area contributed by atoms with Crippen molar-refractivity contribution in [2.75, 3.05) is 12.3 Å². The molecule has 1 amide bonds. The lowest BCUT2D eigenvalue weighted by molar-refractivity contribution is -0.118. The van der Waals surface area contributed by atoms with E-state index in [1.165, 1.54) is 11.8 Å². The van der Waals surface area contributed by atoms with Gasteiger partial charge in [-0.2, -0.15) is 0 Å². The summed E-state index contributed by atoms with van der Waals surface area (Å²) >= 11 is 2.87. The van der Waals surface area contributed by atoms with E-state index >= 15 is 0 Å². The maximum absolute atomic E-state index is 11.9. The summed E-state index contributed by atoms with van der Waals surface area (Å²) < 4.78 is 5.86.